The van der Waals surface area contributed by atoms with Crippen LogP contribution < -0.4 is 15.5 Å². The van der Waals surface area contributed by atoms with Gasteiger partial charge in [-0.15, -0.1) is 11.3 Å². The number of nitrogens with two attached hydrogens (primary N) is 1. The number of hydrogen-bond acceptors (Lipinski definition) is 2. The van der Waals surface area contributed by atoms with Crippen LogP contribution >= 0.6 is 11.3 Å². The highest BCUT2D eigenvalue weighted by Crippen LogP contribution is 1.99. The number of rotatable bonds is 0. The maximum atomic E-state index is 5.61. The van der Waals surface area contributed by atoms with Gasteiger partial charge in [-0.1, -0.05) is 12.2 Å². The van der Waals surface area contributed by atoms with Crippen LogP contribution in [0.25, 0.3) is 12.2 Å². The van der Waals surface area contributed by atoms with E-state index < -0.39 is 0 Å². The summed E-state index contributed by atoms with van der Waals surface area (Å²) in [6.07, 6.45) is 4.15. The second-order valence-corrected chi connectivity index (χ2v) is 3.16. The summed E-state index contributed by atoms with van der Waals surface area (Å²) < 4.78 is 1.26. The molecular weight excluding hydrogens is 142 g/mol. The minimum absolute atomic E-state index is 0.890. The van der Waals surface area contributed by atoms with Crippen LogP contribution in [0.1, 0.15) is 13.8 Å². The number of thiophene rings is 1. The highest BCUT2D eigenvalue weighted by atomic mass is 32.1. The first kappa shape index (κ1) is 7.35. The molecule has 0 saturated heterocycles. The van der Waals surface area contributed by atoms with Crippen molar-refractivity contribution in [3.8, 4) is 0 Å². The van der Waals surface area contributed by atoms with E-state index in [9.17, 15) is 0 Å². The Hall–Kier alpha value is -0.760. The summed E-state index contributed by atoms with van der Waals surface area (Å²) in [5.41, 5.74) is 5.61. The predicted molar refractivity (Wildman–Crippen MR) is 48.3 cm³/mol. The van der Waals surface area contributed by atoms with Crippen LogP contribution in [0.2, 0.25) is 0 Å². The van der Waals surface area contributed by atoms with Gasteiger partial charge in [-0.25, -0.2) is 0 Å². The summed E-state index contributed by atoms with van der Waals surface area (Å²) in [6.45, 7) is 4.05. The average Bonchev–Trinajstić information content (AvgIpc) is 2.30. The standard InChI is InChI=1S/C8H11NS/c1-3-6-5-8(9)10-7(6)4-2/h3-5H,9H2,1-2H3/b6-3-,7-4+. The summed E-state index contributed by atoms with van der Waals surface area (Å²) in [4.78, 5) is 0. The van der Waals surface area contributed by atoms with Gasteiger partial charge in [0.25, 0.3) is 0 Å². The molecule has 0 bridgehead atoms. The zero-order valence-electron chi connectivity index (χ0n) is 6.22. The first-order valence-corrected chi connectivity index (χ1v) is 4.07. The van der Waals surface area contributed by atoms with E-state index in [0.717, 1.165) is 5.00 Å². The van der Waals surface area contributed by atoms with Crippen molar-refractivity contribution in [1.82, 2.24) is 0 Å². The molecule has 1 heterocycles. The molecule has 0 radical (unpaired) electrons. The predicted octanol–water partition coefficient (Wildman–Crippen LogP) is 0.931. The van der Waals surface area contributed by atoms with Crippen molar-refractivity contribution in [3.63, 3.8) is 0 Å². The summed E-state index contributed by atoms with van der Waals surface area (Å²) >= 11 is 1.63. The third kappa shape index (κ3) is 1.21. The Labute approximate surface area is 64.5 Å². The van der Waals surface area contributed by atoms with Crippen LogP contribution in [0, 0.1) is 0 Å². The molecule has 1 aromatic rings. The van der Waals surface area contributed by atoms with Crippen molar-refractivity contribution in [1.29, 1.82) is 0 Å². The summed E-state index contributed by atoms with van der Waals surface area (Å²) in [7, 11) is 0. The van der Waals surface area contributed by atoms with E-state index in [4.69, 9.17) is 5.73 Å². The SMILES string of the molecule is C/C=c1/cc(N)s/c1=C/C. The quantitative estimate of drug-likeness (QED) is 0.589. The minimum Gasteiger partial charge on any atom is -0.391 e. The average molecular weight is 153 g/mol. The van der Waals surface area contributed by atoms with E-state index in [1.165, 1.54) is 9.75 Å². The van der Waals surface area contributed by atoms with Gasteiger partial charge in [0, 0.05) is 4.53 Å². The molecule has 0 aliphatic rings. The van der Waals surface area contributed by atoms with Crippen molar-refractivity contribution in [2.24, 2.45) is 0 Å². The molecule has 0 aliphatic heterocycles. The van der Waals surface area contributed by atoms with Crippen molar-refractivity contribution in [3.05, 3.63) is 15.8 Å². The molecule has 1 nitrogen and oxygen atoms in total. The molecule has 0 atom stereocenters. The molecule has 0 fully saturated rings. The molecule has 0 aromatic carbocycles. The normalized spacial score (nSPS) is 14.6. The van der Waals surface area contributed by atoms with Gasteiger partial charge in [-0.05, 0) is 25.1 Å². The van der Waals surface area contributed by atoms with Crippen molar-refractivity contribution >= 4 is 28.5 Å². The molecule has 0 spiro atoms. The molecule has 0 aliphatic carbocycles. The van der Waals surface area contributed by atoms with E-state index in [1.54, 1.807) is 11.3 Å². The smallest absolute Gasteiger partial charge is 0.0868 e. The molecule has 54 valence electrons. The molecule has 1 rings (SSSR count). The Morgan fingerprint density at radius 3 is 2.50 bits per heavy atom. The Balaban J connectivity index is 3.53. The first-order valence-electron chi connectivity index (χ1n) is 3.26. The van der Waals surface area contributed by atoms with Crippen LogP contribution in [-0.4, -0.2) is 0 Å². The zero-order valence-corrected chi connectivity index (χ0v) is 7.03. The monoisotopic (exact) mass is 153 g/mol. The zero-order chi connectivity index (χ0) is 7.56. The van der Waals surface area contributed by atoms with Crippen LogP contribution in [-0.2, 0) is 0 Å². The maximum Gasteiger partial charge on any atom is 0.0868 e. The van der Waals surface area contributed by atoms with Crippen molar-refractivity contribution in [2.75, 3.05) is 5.73 Å². The Bertz CT molecular complexity index is 290. The van der Waals surface area contributed by atoms with Crippen LogP contribution in [0.15, 0.2) is 6.07 Å². The van der Waals surface area contributed by atoms with Gasteiger partial charge in [0.15, 0.2) is 0 Å². The van der Waals surface area contributed by atoms with Gasteiger partial charge in [0.2, 0.25) is 0 Å². The van der Waals surface area contributed by atoms with E-state index in [1.807, 2.05) is 19.9 Å². The van der Waals surface area contributed by atoms with E-state index >= 15 is 0 Å². The third-order valence-electron chi connectivity index (χ3n) is 1.38. The van der Waals surface area contributed by atoms with E-state index in [-0.39, 0.29) is 0 Å². The Morgan fingerprint density at radius 1 is 1.40 bits per heavy atom. The Morgan fingerprint density at radius 2 is 2.10 bits per heavy atom. The number of anilines is 1. The lowest BCUT2D eigenvalue weighted by Gasteiger charge is -1.71. The van der Waals surface area contributed by atoms with E-state index in [2.05, 4.69) is 12.2 Å². The lowest BCUT2D eigenvalue weighted by molar-refractivity contribution is 1.66. The van der Waals surface area contributed by atoms with Gasteiger partial charge in [-0.2, -0.15) is 0 Å². The number of nitrogen functional groups attached to an aromatic ring is 1. The fourth-order valence-corrected chi connectivity index (χ4v) is 1.74. The van der Waals surface area contributed by atoms with Crippen LogP contribution in [0.5, 0.6) is 0 Å². The second kappa shape index (κ2) is 2.88. The largest absolute Gasteiger partial charge is 0.391 e. The van der Waals surface area contributed by atoms with Crippen LogP contribution in [0.4, 0.5) is 5.00 Å². The van der Waals surface area contributed by atoms with Crippen molar-refractivity contribution in [2.45, 2.75) is 13.8 Å². The second-order valence-electron chi connectivity index (χ2n) is 2.05. The van der Waals surface area contributed by atoms with Crippen molar-refractivity contribution < 1.29 is 0 Å². The third-order valence-corrected chi connectivity index (χ3v) is 2.43. The molecule has 10 heavy (non-hydrogen) atoms. The summed E-state index contributed by atoms with van der Waals surface area (Å²) in [5.74, 6) is 0. The highest BCUT2D eigenvalue weighted by molar-refractivity contribution is 7.13. The van der Waals surface area contributed by atoms with Gasteiger partial charge in [-0.3, -0.25) is 0 Å². The molecule has 2 heteroatoms. The molecule has 2 N–H and O–H groups in total. The molecule has 0 unspecified atom stereocenters. The fourth-order valence-electron chi connectivity index (χ4n) is 0.891. The first-order chi connectivity index (χ1) is 4.77. The van der Waals surface area contributed by atoms with Gasteiger partial charge >= 0.3 is 0 Å². The summed E-state index contributed by atoms with van der Waals surface area (Å²) in [6, 6.07) is 2.00. The molecule has 1 aromatic heterocycles. The molecule has 0 amide bonds. The van der Waals surface area contributed by atoms with E-state index in [0.29, 0.717) is 0 Å². The molecule has 0 saturated carbocycles. The van der Waals surface area contributed by atoms with Gasteiger partial charge < -0.3 is 5.73 Å². The van der Waals surface area contributed by atoms with Gasteiger partial charge in [0.1, 0.15) is 0 Å². The minimum atomic E-state index is 0.890. The van der Waals surface area contributed by atoms with Crippen LogP contribution in [0.3, 0.4) is 0 Å². The highest BCUT2D eigenvalue weighted by Gasteiger charge is 1.88. The number of hydrogen-bond donors (Lipinski definition) is 1. The fraction of sp³-hybridized carbons (Fsp3) is 0.250. The van der Waals surface area contributed by atoms with Gasteiger partial charge in [0.05, 0.1) is 5.00 Å². The topological polar surface area (TPSA) is 26.0 Å². The lowest BCUT2D eigenvalue weighted by atomic mass is 10.4. The maximum absolute atomic E-state index is 5.61. The summed E-state index contributed by atoms with van der Waals surface area (Å²) in [5, 5.41) is 2.13. The Kier molecular flexibility index (Phi) is 2.12. The lowest BCUT2D eigenvalue weighted by Crippen LogP contribution is -2.15. The molecular formula is C8H11NS.